The molecule has 0 bridgehead atoms. The number of ether oxygens (including phenoxy) is 1. The summed E-state index contributed by atoms with van der Waals surface area (Å²) in [6, 6.07) is 1.45. The number of aryl methyl sites for hydroxylation is 1. The largest absolute Gasteiger partial charge is 0.478 e. The van der Waals surface area contributed by atoms with Gasteiger partial charge in [0.1, 0.15) is 0 Å². The van der Waals surface area contributed by atoms with Crippen molar-refractivity contribution in [2.75, 3.05) is 19.5 Å². The van der Waals surface area contributed by atoms with E-state index in [4.69, 9.17) is 4.74 Å². The molecule has 0 radical (unpaired) electrons. The van der Waals surface area contributed by atoms with Crippen LogP contribution in [0.5, 0.6) is 0 Å². The van der Waals surface area contributed by atoms with E-state index >= 15 is 0 Å². The van der Waals surface area contributed by atoms with Crippen LogP contribution in [0.3, 0.4) is 0 Å². The lowest BCUT2D eigenvalue weighted by atomic mass is 9.88. The molecule has 1 unspecified atom stereocenters. The fraction of sp³-hybridized carbons (Fsp3) is 0.500. The summed E-state index contributed by atoms with van der Waals surface area (Å²) in [4.78, 5) is 11.6. The lowest BCUT2D eigenvalue weighted by Gasteiger charge is -2.28. The lowest BCUT2D eigenvalue weighted by molar-refractivity contribution is 0.0695. The van der Waals surface area contributed by atoms with Gasteiger partial charge in [0, 0.05) is 13.0 Å². The van der Waals surface area contributed by atoms with E-state index in [1.54, 1.807) is 21.0 Å². The van der Waals surface area contributed by atoms with Crippen LogP contribution in [-0.2, 0) is 14.6 Å². The van der Waals surface area contributed by atoms with Gasteiger partial charge in [0.05, 0.1) is 22.8 Å². The van der Waals surface area contributed by atoms with Gasteiger partial charge in [0.15, 0.2) is 9.84 Å². The lowest BCUT2D eigenvalue weighted by Crippen LogP contribution is -2.26. The van der Waals surface area contributed by atoms with Crippen molar-refractivity contribution in [3.8, 4) is 0 Å². The molecule has 1 aliphatic rings. The first-order chi connectivity index (χ1) is 9.29. The minimum absolute atomic E-state index is 0.0727. The third kappa shape index (κ3) is 2.33. The van der Waals surface area contributed by atoms with Crippen molar-refractivity contribution in [2.24, 2.45) is 0 Å². The Morgan fingerprint density at radius 1 is 1.45 bits per heavy atom. The number of sulfone groups is 1. The Morgan fingerprint density at radius 2 is 2.10 bits per heavy atom. The predicted octanol–water partition coefficient (Wildman–Crippen LogP) is 1.91. The maximum Gasteiger partial charge on any atom is 0.335 e. The molecule has 2 rings (SSSR count). The molecule has 0 fully saturated rings. The van der Waals surface area contributed by atoms with Crippen molar-refractivity contribution in [3.63, 3.8) is 0 Å². The number of hydrogen-bond donors (Lipinski definition) is 1. The van der Waals surface area contributed by atoms with E-state index in [0.717, 1.165) is 0 Å². The van der Waals surface area contributed by atoms with Crippen LogP contribution in [0, 0.1) is 13.8 Å². The molecule has 5 nitrogen and oxygen atoms in total. The van der Waals surface area contributed by atoms with Crippen LogP contribution >= 0.6 is 0 Å². The molecule has 0 aliphatic carbocycles. The maximum atomic E-state index is 12.3. The molecule has 1 aliphatic heterocycles. The first-order valence-corrected chi connectivity index (χ1v) is 8.04. The van der Waals surface area contributed by atoms with Crippen LogP contribution in [0.1, 0.15) is 39.4 Å². The molecule has 1 heterocycles. The van der Waals surface area contributed by atoms with E-state index in [9.17, 15) is 18.3 Å². The SMILES string of the molecule is COCC1CCS(=O)(=O)c2c(C)cc(C(=O)O)c(C)c21. The van der Waals surface area contributed by atoms with Crippen LogP contribution in [0.25, 0.3) is 0 Å². The van der Waals surface area contributed by atoms with E-state index in [-0.39, 0.29) is 17.2 Å². The van der Waals surface area contributed by atoms with E-state index in [1.807, 2.05) is 0 Å². The molecule has 6 heteroatoms. The summed E-state index contributed by atoms with van der Waals surface area (Å²) in [5.74, 6) is -1.02. The van der Waals surface area contributed by atoms with Crippen LogP contribution < -0.4 is 0 Å². The van der Waals surface area contributed by atoms with Crippen molar-refractivity contribution in [1.29, 1.82) is 0 Å². The highest BCUT2D eigenvalue weighted by atomic mass is 32.2. The van der Waals surface area contributed by atoms with Gasteiger partial charge in [-0.3, -0.25) is 0 Å². The summed E-state index contributed by atoms with van der Waals surface area (Å²) in [7, 11) is -1.78. The van der Waals surface area contributed by atoms with Gasteiger partial charge in [-0.15, -0.1) is 0 Å². The highest BCUT2D eigenvalue weighted by Crippen LogP contribution is 2.39. The summed E-state index contributed by atoms with van der Waals surface area (Å²) in [6.07, 6.45) is 0.465. The normalized spacial score (nSPS) is 20.4. The minimum atomic E-state index is -3.34. The number of methoxy groups -OCH3 is 1. The number of aromatic carboxylic acids is 1. The number of carbonyl (C=O) groups is 1. The monoisotopic (exact) mass is 298 g/mol. The zero-order valence-electron chi connectivity index (χ0n) is 11.8. The van der Waals surface area contributed by atoms with Crippen LogP contribution in [0.4, 0.5) is 0 Å². The minimum Gasteiger partial charge on any atom is -0.478 e. The fourth-order valence-corrected chi connectivity index (χ4v) is 4.96. The number of rotatable bonds is 3. The molecule has 110 valence electrons. The number of carboxylic acids is 1. The van der Waals surface area contributed by atoms with Crippen LogP contribution in [0.2, 0.25) is 0 Å². The Hall–Kier alpha value is -1.40. The van der Waals surface area contributed by atoms with Crippen LogP contribution in [0.15, 0.2) is 11.0 Å². The highest BCUT2D eigenvalue weighted by molar-refractivity contribution is 7.91. The van der Waals surface area contributed by atoms with Gasteiger partial charge in [-0.2, -0.15) is 0 Å². The number of benzene rings is 1. The fourth-order valence-electron chi connectivity index (χ4n) is 2.96. The summed E-state index contributed by atoms with van der Waals surface area (Å²) in [6.45, 7) is 3.72. The van der Waals surface area contributed by atoms with Crippen molar-refractivity contribution in [2.45, 2.75) is 31.1 Å². The summed E-state index contributed by atoms with van der Waals surface area (Å²) in [5.41, 5.74) is 1.82. The molecule has 0 amide bonds. The number of hydrogen-bond acceptors (Lipinski definition) is 4. The Balaban J connectivity index is 2.80. The second-order valence-corrected chi connectivity index (χ2v) is 7.22. The van der Waals surface area contributed by atoms with E-state index in [2.05, 4.69) is 0 Å². The van der Waals surface area contributed by atoms with Gasteiger partial charge in [-0.05, 0) is 43.0 Å². The van der Waals surface area contributed by atoms with Crippen molar-refractivity contribution < 1.29 is 23.1 Å². The molecule has 1 N–H and O–H groups in total. The maximum absolute atomic E-state index is 12.3. The molecule has 0 saturated heterocycles. The molecule has 20 heavy (non-hydrogen) atoms. The zero-order chi connectivity index (χ0) is 15.1. The van der Waals surface area contributed by atoms with Gasteiger partial charge >= 0.3 is 5.97 Å². The van der Waals surface area contributed by atoms with Crippen LogP contribution in [-0.4, -0.2) is 39.0 Å². The first kappa shape index (κ1) is 15.0. The molecular weight excluding hydrogens is 280 g/mol. The molecule has 1 aromatic rings. The number of carboxylic acid groups (broad SMARTS) is 1. The predicted molar refractivity (Wildman–Crippen MR) is 74.2 cm³/mol. The van der Waals surface area contributed by atoms with E-state index in [1.165, 1.54) is 6.07 Å². The van der Waals surface area contributed by atoms with Gasteiger partial charge in [-0.25, -0.2) is 13.2 Å². The zero-order valence-corrected chi connectivity index (χ0v) is 12.6. The molecule has 1 atom stereocenters. The Morgan fingerprint density at radius 3 is 2.65 bits per heavy atom. The smallest absolute Gasteiger partial charge is 0.335 e. The quantitative estimate of drug-likeness (QED) is 0.922. The molecule has 0 spiro atoms. The molecule has 1 aromatic carbocycles. The van der Waals surface area contributed by atoms with Crippen molar-refractivity contribution in [1.82, 2.24) is 0 Å². The summed E-state index contributed by atoms with van der Waals surface area (Å²) >= 11 is 0. The topological polar surface area (TPSA) is 80.7 Å². The van der Waals surface area contributed by atoms with Gasteiger partial charge in [0.2, 0.25) is 0 Å². The second-order valence-electron chi connectivity index (χ2n) is 5.17. The average Bonchev–Trinajstić information content (AvgIpc) is 2.35. The second kappa shape index (κ2) is 5.18. The highest BCUT2D eigenvalue weighted by Gasteiger charge is 2.34. The third-order valence-electron chi connectivity index (χ3n) is 3.82. The van der Waals surface area contributed by atoms with Gasteiger partial charge in [0.25, 0.3) is 0 Å². The number of fused-ring (bicyclic) bond motifs is 1. The Kier molecular flexibility index (Phi) is 3.88. The average molecular weight is 298 g/mol. The van der Waals surface area contributed by atoms with Gasteiger partial charge in [-0.1, -0.05) is 0 Å². The first-order valence-electron chi connectivity index (χ1n) is 6.38. The standard InChI is InChI=1S/C14H18O5S/c1-8-6-11(14(15)16)9(2)12-10(7-19-3)4-5-20(17,18)13(8)12/h6,10H,4-5,7H2,1-3H3,(H,15,16). The summed E-state index contributed by atoms with van der Waals surface area (Å²) in [5, 5.41) is 9.26. The van der Waals surface area contributed by atoms with Crippen molar-refractivity contribution >= 4 is 15.8 Å². The Bertz CT molecular complexity index is 661. The third-order valence-corrected chi connectivity index (χ3v) is 5.76. The molecule has 0 aromatic heterocycles. The van der Waals surface area contributed by atoms with Gasteiger partial charge < -0.3 is 9.84 Å². The van der Waals surface area contributed by atoms with Crippen molar-refractivity contribution in [3.05, 3.63) is 28.3 Å². The molecule has 0 saturated carbocycles. The molecular formula is C14H18O5S. The Labute approximate surface area is 118 Å². The van der Waals surface area contributed by atoms with E-state index in [0.29, 0.717) is 34.6 Å². The van der Waals surface area contributed by atoms with E-state index < -0.39 is 15.8 Å². The summed E-state index contributed by atoms with van der Waals surface area (Å²) < 4.78 is 29.7.